The maximum absolute atomic E-state index is 5.56. The number of hydrogen-bond donors (Lipinski definition) is 1. The molecule has 0 radical (unpaired) electrons. The molecule has 0 fully saturated rings. The Balaban J connectivity index is 2.21. The van der Waals surface area contributed by atoms with Gasteiger partial charge in [0.1, 0.15) is 5.03 Å². The van der Waals surface area contributed by atoms with Crippen LogP contribution in [0.4, 0.5) is 0 Å². The minimum absolute atomic E-state index is 0.538. The van der Waals surface area contributed by atoms with Gasteiger partial charge in [0.2, 0.25) is 0 Å². The summed E-state index contributed by atoms with van der Waals surface area (Å²) in [4.78, 5) is 8.48. The first-order chi connectivity index (χ1) is 7.29. The summed E-state index contributed by atoms with van der Waals surface area (Å²) < 4.78 is 1.96. The highest BCUT2D eigenvalue weighted by molar-refractivity contribution is 7.99. The van der Waals surface area contributed by atoms with Crippen molar-refractivity contribution in [1.29, 1.82) is 0 Å². The van der Waals surface area contributed by atoms with Crippen molar-refractivity contribution in [2.24, 2.45) is 12.8 Å². The molecule has 0 aromatic carbocycles. The SMILES string of the molecule is Cn1ccnc1Sc1cc(CN)ccn1. The summed E-state index contributed by atoms with van der Waals surface area (Å²) in [6, 6.07) is 3.90. The summed E-state index contributed by atoms with van der Waals surface area (Å²) in [7, 11) is 1.96. The van der Waals surface area contributed by atoms with Crippen LogP contribution >= 0.6 is 11.8 Å². The molecule has 2 heterocycles. The van der Waals surface area contributed by atoms with E-state index in [9.17, 15) is 0 Å². The summed E-state index contributed by atoms with van der Waals surface area (Å²) in [5.41, 5.74) is 6.65. The van der Waals surface area contributed by atoms with Crippen LogP contribution in [-0.2, 0) is 13.6 Å². The van der Waals surface area contributed by atoms with E-state index in [0.717, 1.165) is 15.7 Å². The number of pyridine rings is 1. The van der Waals surface area contributed by atoms with Gasteiger partial charge in [-0.25, -0.2) is 9.97 Å². The summed E-state index contributed by atoms with van der Waals surface area (Å²) in [5.74, 6) is 0. The first kappa shape index (κ1) is 10.2. The molecule has 0 atom stereocenters. The lowest BCUT2D eigenvalue weighted by atomic mass is 10.3. The molecule has 15 heavy (non-hydrogen) atoms. The monoisotopic (exact) mass is 220 g/mol. The lowest BCUT2D eigenvalue weighted by Gasteiger charge is -2.02. The molecule has 2 rings (SSSR count). The lowest BCUT2D eigenvalue weighted by Crippen LogP contribution is -1.97. The second-order valence-corrected chi connectivity index (χ2v) is 4.12. The summed E-state index contributed by atoms with van der Waals surface area (Å²) >= 11 is 1.54. The Morgan fingerprint density at radius 1 is 1.40 bits per heavy atom. The number of aromatic nitrogens is 3. The quantitative estimate of drug-likeness (QED) is 0.850. The molecule has 0 aliphatic rings. The highest BCUT2D eigenvalue weighted by atomic mass is 32.2. The normalized spacial score (nSPS) is 10.5. The zero-order valence-electron chi connectivity index (χ0n) is 8.42. The molecule has 5 heteroatoms. The van der Waals surface area contributed by atoms with Crippen LogP contribution in [0, 0.1) is 0 Å². The predicted octanol–water partition coefficient (Wildman–Crippen LogP) is 1.43. The molecule has 2 aromatic rings. The van der Waals surface area contributed by atoms with Crippen molar-refractivity contribution in [3.8, 4) is 0 Å². The Labute approximate surface area is 92.5 Å². The number of nitrogens with two attached hydrogens (primary N) is 1. The third-order valence-electron chi connectivity index (χ3n) is 2.01. The Kier molecular flexibility index (Phi) is 3.03. The average Bonchev–Trinajstić information content (AvgIpc) is 2.65. The molecular formula is C10H12N4S. The van der Waals surface area contributed by atoms with Gasteiger partial charge in [0.25, 0.3) is 0 Å². The van der Waals surface area contributed by atoms with Gasteiger partial charge in [0.15, 0.2) is 5.16 Å². The smallest absolute Gasteiger partial charge is 0.174 e. The van der Waals surface area contributed by atoms with E-state index in [-0.39, 0.29) is 0 Å². The van der Waals surface area contributed by atoms with E-state index in [4.69, 9.17) is 5.73 Å². The van der Waals surface area contributed by atoms with E-state index in [1.165, 1.54) is 11.8 Å². The number of imidazole rings is 1. The molecule has 0 spiro atoms. The highest BCUT2D eigenvalue weighted by Gasteiger charge is 2.03. The molecule has 78 valence electrons. The first-order valence-electron chi connectivity index (χ1n) is 4.60. The molecule has 0 saturated heterocycles. The number of aryl methyl sites for hydroxylation is 1. The standard InChI is InChI=1S/C10H12N4S/c1-14-5-4-13-10(14)15-9-6-8(7-11)2-3-12-9/h2-6H,7,11H2,1H3. The summed E-state index contributed by atoms with van der Waals surface area (Å²) in [6.07, 6.45) is 5.46. The third-order valence-corrected chi connectivity index (χ3v) is 3.02. The van der Waals surface area contributed by atoms with Crippen LogP contribution < -0.4 is 5.73 Å². The Hall–Kier alpha value is -1.33. The van der Waals surface area contributed by atoms with E-state index in [1.807, 2.05) is 29.9 Å². The van der Waals surface area contributed by atoms with Crippen LogP contribution in [0.25, 0.3) is 0 Å². The van der Waals surface area contributed by atoms with E-state index in [2.05, 4.69) is 9.97 Å². The third kappa shape index (κ3) is 2.37. The largest absolute Gasteiger partial charge is 0.329 e. The van der Waals surface area contributed by atoms with Gasteiger partial charge in [-0.1, -0.05) is 0 Å². The molecule has 0 bridgehead atoms. The van der Waals surface area contributed by atoms with E-state index in [1.54, 1.807) is 12.4 Å². The molecule has 0 amide bonds. The van der Waals surface area contributed by atoms with Crippen LogP contribution in [0.2, 0.25) is 0 Å². The molecule has 2 N–H and O–H groups in total. The first-order valence-corrected chi connectivity index (χ1v) is 5.41. The van der Waals surface area contributed by atoms with Crippen LogP contribution in [-0.4, -0.2) is 14.5 Å². The van der Waals surface area contributed by atoms with Crippen LogP contribution in [0.15, 0.2) is 40.9 Å². The molecule has 0 saturated carbocycles. The van der Waals surface area contributed by atoms with Crippen molar-refractivity contribution >= 4 is 11.8 Å². The van der Waals surface area contributed by atoms with Crippen molar-refractivity contribution in [3.05, 3.63) is 36.3 Å². The van der Waals surface area contributed by atoms with Crippen LogP contribution in [0.3, 0.4) is 0 Å². The lowest BCUT2D eigenvalue weighted by molar-refractivity contribution is 0.788. The minimum Gasteiger partial charge on any atom is -0.329 e. The number of rotatable bonds is 3. The molecule has 0 aliphatic heterocycles. The van der Waals surface area contributed by atoms with Crippen molar-refractivity contribution in [3.63, 3.8) is 0 Å². The highest BCUT2D eigenvalue weighted by Crippen LogP contribution is 2.23. The van der Waals surface area contributed by atoms with Crippen molar-refractivity contribution in [2.75, 3.05) is 0 Å². The topological polar surface area (TPSA) is 56.7 Å². The maximum Gasteiger partial charge on any atom is 0.174 e. The van der Waals surface area contributed by atoms with Crippen molar-refractivity contribution in [1.82, 2.24) is 14.5 Å². The molecular weight excluding hydrogens is 208 g/mol. The van der Waals surface area contributed by atoms with Gasteiger partial charge < -0.3 is 10.3 Å². The minimum atomic E-state index is 0.538. The van der Waals surface area contributed by atoms with Crippen LogP contribution in [0.5, 0.6) is 0 Å². The second kappa shape index (κ2) is 4.46. The fraction of sp³-hybridized carbons (Fsp3) is 0.200. The number of hydrogen-bond acceptors (Lipinski definition) is 4. The second-order valence-electron chi connectivity index (χ2n) is 3.13. The predicted molar refractivity (Wildman–Crippen MR) is 59.5 cm³/mol. The fourth-order valence-electron chi connectivity index (χ4n) is 1.18. The maximum atomic E-state index is 5.56. The van der Waals surface area contributed by atoms with Gasteiger partial charge in [0.05, 0.1) is 0 Å². The average molecular weight is 220 g/mol. The van der Waals surface area contributed by atoms with Gasteiger partial charge in [-0.05, 0) is 29.5 Å². The van der Waals surface area contributed by atoms with Gasteiger partial charge >= 0.3 is 0 Å². The Bertz CT molecular complexity index is 452. The van der Waals surface area contributed by atoms with Crippen molar-refractivity contribution in [2.45, 2.75) is 16.7 Å². The number of nitrogens with zero attached hydrogens (tertiary/aromatic N) is 3. The van der Waals surface area contributed by atoms with Gasteiger partial charge in [0, 0.05) is 32.2 Å². The van der Waals surface area contributed by atoms with E-state index >= 15 is 0 Å². The van der Waals surface area contributed by atoms with Crippen molar-refractivity contribution < 1.29 is 0 Å². The Morgan fingerprint density at radius 2 is 2.27 bits per heavy atom. The molecule has 0 aliphatic carbocycles. The molecule has 2 aromatic heterocycles. The van der Waals surface area contributed by atoms with Gasteiger partial charge in [-0.3, -0.25) is 0 Å². The summed E-state index contributed by atoms with van der Waals surface area (Å²) in [6.45, 7) is 0.538. The fourth-order valence-corrected chi connectivity index (χ4v) is 2.01. The molecule has 4 nitrogen and oxygen atoms in total. The van der Waals surface area contributed by atoms with Gasteiger partial charge in [-0.15, -0.1) is 0 Å². The molecule has 0 unspecified atom stereocenters. The zero-order chi connectivity index (χ0) is 10.7. The van der Waals surface area contributed by atoms with Crippen LogP contribution in [0.1, 0.15) is 5.56 Å². The van der Waals surface area contributed by atoms with Gasteiger partial charge in [-0.2, -0.15) is 0 Å². The van der Waals surface area contributed by atoms with E-state index in [0.29, 0.717) is 6.54 Å². The zero-order valence-corrected chi connectivity index (χ0v) is 9.24. The van der Waals surface area contributed by atoms with E-state index < -0.39 is 0 Å². The Morgan fingerprint density at radius 3 is 2.93 bits per heavy atom. The summed E-state index contributed by atoms with van der Waals surface area (Å²) in [5, 5.41) is 1.85.